The van der Waals surface area contributed by atoms with E-state index in [9.17, 15) is 9.32 Å². The molecular formula is C18H18N2O3S. The quantitative estimate of drug-likeness (QED) is 0.766. The summed E-state index contributed by atoms with van der Waals surface area (Å²) in [6.45, 7) is 1.90. The Bertz CT molecular complexity index is 1030. The maximum absolute atomic E-state index is 11.9. The van der Waals surface area contributed by atoms with Crippen molar-refractivity contribution in [1.29, 1.82) is 0 Å². The third-order valence-electron chi connectivity index (χ3n) is 3.40. The first-order valence-electron chi connectivity index (χ1n) is 7.35. The molecule has 0 saturated carbocycles. The van der Waals surface area contributed by atoms with Crippen LogP contribution in [0.4, 0.5) is 5.69 Å². The van der Waals surface area contributed by atoms with Crippen molar-refractivity contribution in [2.45, 2.75) is 6.92 Å². The summed E-state index contributed by atoms with van der Waals surface area (Å²) in [5.74, 6) is 1.31. The van der Waals surface area contributed by atoms with E-state index in [4.69, 9.17) is 4.74 Å². The summed E-state index contributed by atoms with van der Waals surface area (Å²) in [5, 5.41) is 10.4. The Balaban J connectivity index is 2.12. The van der Waals surface area contributed by atoms with Crippen LogP contribution in [0.2, 0.25) is 0 Å². The van der Waals surface area contributed by atoms with Gasteiger partial charge in [-0.05, 0) is 42.8 Å². The zero-order valence-electron chi connectivity index (χ0n) is 13.7. The van der Waals surface area contributed by atoms with Crippen LogP contribution in [0.25, 0.3) is 10.9 Å². The van der Waals surface area contributed by atoms with Crippen molar-refractivity contribution in [3.8, 4) is 17.2 Å². The Kier molecular flexibility index (Phi) is 4.15. The standard InChI is InChI=1S/C18H18N2O3S/c1-12-4-6-14(21)11-18(12)23-17-8-9-19-16-7-5-13(10-15(16)17)20-24(2,3)22/h4-11,21H,1-3H3. The van der Waals surface area contributed by atoms with E-state index >= 15 is 0 Å². The first-order valence-corrected chi connectivity index (χ1v) is 9.68. The SMILES string of the molecule is Cc1ccc(O)cc1Oc1ccnc2ccc(N=S(C)(C)=O)cc12. The van der Waals surface area contributed by atoms with Gasteiger partial charge in [0, 0.05) is 39.9 Å². The predicted molar refractivity (Wildman–Crippen MR) is 96.7 cm³/mol. The zero-order valence-corrected chi connectivity index (χ0v) is 14.5. The molecule has 0 saturated heterocycles. The second kappa shape index (κ2) is 6.13. The minimum absolute atomic E-state index is 0.140. The molecule has 24 heavy (non-hydrogen) atoms. The molecule has 0 amide bonds. The number of aromatic nitrogens is 1. The van der Waals surface area contributed by atoms with Crippen LogP contribution in [-0.2, 0) is 9.73 Å². The molecule has 0 spiro atoms. The van der Waals surface area contributed by atoms with E-state index in [1.807, 2.05) is 19.1 Å². The van der Waals surface area contributed by atoms with Crippen molar-refractivity contribution in [2.75, 3.05) is 12.5 Å². The molecule has 0 aliphatic carbocycles. The van der Waals surface area contributed by atoms with E-state index in [0.717, 1.165) is 16.5 Å². The molecule has 0 fully saturated rings. The number of benzene rings is 2. The average molecular weight is 342 g/mol. The summed E-state index contributed by atoms with van der Waals surface area (Å²) in [5.41, 5.74) is 2.27. The van der Waals surface area contributed by atoms with Gasteiger partial charge in [-0.25, -0.2) is 4.21 Å². The molecule has 0 aliphatic heterocycles. The lowest BCUT2D eigenvalue weighted by atomic mass is 10.1. The van der Waals surface area contributed by atoms with Crippen LogP contribution in [-0.4, -0.2) is 26.8 Å². The van der Waals surface area contributed by atoms with Crippen LogP contribution in [0.5, 0.6) is 17.2 Å². The monoisotopic (exact) mass is 342 g/mol. The molecule has 0 atom stereocenters. The molecule has 1 aromatic heterocycles. The molecule has 6 heteroatoms. The van der Waals surface area contributed by atoms with Crippen LogP contribution >= 0.6 is 0 Å². The summed E-state index contributed by atoms with van der Waals surface area (Å²) < 4.78 is 22.1. The predicted octanol–water partition coefficient (Wildman–Crippen LogP) is 4.40. The van der Waals surface area contributed by atoms with Gasteiger partial charge < -0.3 is 9.84 Å². The molecule has 0 unspecified atom stereocenters. The number of phenolic OH excluding ortho intramolecular Hbond substituents is 1. The fourth-order valence-corrected chi connectivity index (χ4v) is 2.95. The Hall–Kier alpha value is -2.60. The highest BCUT2D eigenvalue weighted by Gasteiger charge is 2.08. The Morgan fingerprint density at radius 3 is 2.62 bits per heavy atom. The molecule has 3 rings (SSSR count). The second-order valence-corrected chi connectivity index (χ2v) is 8.38. The van der Waals surface area contributed by atoms with Crippen molar-refractivity contribution < 1.29 is 14.1 Å². The number of hydrogen-bond donors (Lipinski definition) is 1. The molecule has 0 radical (unpaired) electrons. The molecule has 124 valence electrons. The van der Waals surface area contributed by atoms with Crippen LogP contribution in [0, 0.1) is 6.92 Å². The largest absolute Gasteiger partial charge is 0.508 e. The Morgan fingerprint density at radius 2 is 1.88 bits per heavy atom. The number of pyridine rings is 1. The van der Waals surface area contributed by atoms with E-state index in [2.05, 4.69) is 9.35 Å². The van der Waals surface area contributed by atoms with E-state index in [1.165, 1.54) is 0 Å². The van der Waals surface area contributed by atoms with Gasteiger partial charge in [0.2, 0.25) is 0 Å². The molecule has 2 aromatic carbocycles. The van der Waals surface area contributed by atoms with E-state index in [0.29, 0.717) is 17.2 Å². The maximum Gasteiger partial charge on any atom is 0.138 e. The lowest BCUT2D eigenvalue weighted by Crippen LogP contribution is -1.91. The number of rotatable bonds is 3. The highest BCUT2D eigenvalue weighted by molar-refractivity contribution is 7.92. The number of phenols is 1. The maximum atomic E-state index is 11.9. The number of aryl methyl sites for hydroxylation is 1. The number of nitrogens with zero attached hydrogens (tertiary/aromatic N) is 2. The van der Waals surface area contributed by atoms with Gasteiger partial charge in [-0.2, -0.15) is 4.36 Å². The van der Waals surface area contributed by atoms with Crippen molar-refractivity contribution in [3.05, 3.63) is 54.2 Å². The first-order chi connectivity index (χ1) is 11.3. The van der Waals surface area contributed by atoms with Crippen LogP contribution in [0.3, 0.4) is 0 Å². The summed E-state index contributed by atoms with van der Waals surface area (Å²) in [6, 6.07) is 12.1. The molecule has 3 aromatic rings. The fraction of sp³-hybridized carbons (Fsp3) is 0.167. The lowest BCUT2D eigenvalue weighted by molar-refractivity contribution is 0.455. The van der Waals surface area contributed by atoms with Crippen LogP contribution in [0.15, 0.2) is 53.0 Å². The molecule has 0 bridgehead atoms. The first kappa shape index (κ1) is 16.3. The normalized spacial score (nSPS) is 11.5. The molecule has 0 aliphatic rings. The number of ether oxygens (including phenoxy) is 1. The lowest BCUT2D eigenvalue weighted by Gasteiger charge is -2.11. The number of hydrogen-bond acceptors (Lipinski definition) is 5. The second-order valence-electron chi connectivity index (χ2n) is 5.83. The van der Waals surface area contributed by atoms with Gasteiger partial charge >= 0.3 is 0 Å². The van der Waals surface area contributed by atoms with E-state index in [-0.39, 0.29) is 5.75 Å². The van der Waals surface area contributed by atoms with Crippen molar-refractivity contribution in [1.82, 2.24) is 4.98 Å². The van der Waals surface area contributed by atoms with Crippen molar-refractivity contribution in [3.63, 3.8) is 0 Å². The third kappa shape index (κ3) is 3.65. The Labute approximate surface area is 141 Å². The highest BCUT2D eigenvalue weighted by Crippen LogP contribution is 2.34. The number of aromatic hydroxyl groups is 1. The summed E-state index contributed by atoms with van der Waals surface area (Å²) in [7, 11) is -2.25. The van der Waals surface area contributed by atoms with Crippen molar-refractivity contribution >= 4 is 26.3 Å². The topological polar surface area (TPSA) is 71.8 Å². The smallest absolute Gasteiger partial charge is 0.138 e. The molecule has 1 heterocycles. The minimum atomic E-state index is -2.25. The van der Waals surface area contributed by atoms with E-state index < -0.39 is 9.73 Å². The van der Waals surface area contributed by atoms with Gasteiger partial charge in [0.25, 0.3) is 0 Å². The zero-order chi connectivity index (χ0) is 17.3. The van der Waals surface area contributed by atoms with Gasteiger partial charge in [0.05, 0.1) is 11.2 Å². The van der Waals surface area contributed by atoms with Crippen LogP contribution in [0.1, 0.15) is 5.56 Å². The van der Waals surface area contributed by atoms with Crippen LogP contribution < -0.4 is 4.74 Å². The minimum Gasteiger partial charge on any atom is -0.508 e. The van der Waals surface area contributed by atoms with E-state index in [1.54, 1.807) is 49.0 Å². The summed E-state index contributed by atoms with van der Waals surface area (Å²) in [4.78, 5) is 4.32. The summed E-state index contributed by atoms with van der Waals surface area (Å²) in [6.07, 6.45) is 4.84. The number of fused-ring (bicyclic) bond motifs is 1. The fourth-order valence-electron chi connectivity index (χ4n) is 2.33. The van der Waals surface area contributed by atoms with Gasteiger partial charge in [-0.3, -0.25) is 4.98 Å². The highest BCUT2D eigenvalue weighted by atomic mass is 32.2. The van der Waals surface area contributed by atoms with Gasteiger partial charge in [0.15, 0.2) is 0 Å². The molecule has 1 N–H and O–H groups in total. The van der Waals surface area contributed by atoms with Gasteiger partial charge in [-0.1, -0.05) is 6.07 Å². The van der Waals surface area contributed by atoms with Gasteiger partial charge in [-0.15, -0.1) is 0 Å². The average Bonchev–Trinajstić information content (AvgIpc) is 2.50. The van der Waals surface area contributed by atoms with Gasteiger partial charge in [0.1, 0.15) is 17.2 Å². The Morgan fingerprint density at radius 1 is 1.08 bits per heavy atom. The summed E-state index contributed by atoms with van der Waals surface area (Å²) >= 11 is 0. The van der Waals surface area contributed by atoms with Crippen molar-refractivity contribution in [2.24, 2.45) is 4.36 Å². The molecular weight excluding hydrogens is 324 g/mol. The third-order valence-corrected chi connectivity index (χ3v) is 4.05. The molecule has 5 nitrogen and oxygen atoms in total.